The van der Waals surface area contributed by atoms with Gasteiger partial charge in [0, 0.05) is 25.3 Å². The lowest BCUT2D eigenvalue weighted by Gasteiger charge is -2.40. The summed E-state index contributed by atoms with van der Waals surface area (Å²) < 4.78 is 0. The van der Waals surface area contributed by atoms with Crippen molar-refractivity contribution < 1.29 is 9.90 Å². The number of anilines is 1. The van der Waals surface area contributed by atoms with Crippen LogP contribution in [0.25, 0.3) is 0 Å². The van der Waals surface area contributed by atoms with Gasteiger partial charge in [-0.1, -0.05) is 6.42 Å². The minimum absolute atomic E-state index is 0.0677. The lowest BCUT2D eigenvalue weighted by atomic mass is 10.0. The summed E-state index contributed by atoms with van der Waals surface area (Å²) in [5.41, 5.74) is 0.0677. The highest BCUT2D eigenvalue weighted by molar-refractivity contribution is 5.85. The Morgan fingerprint density at radius 2 is 1.86 bits per heavy atom. The Morgan fingerprint density at radius 1 is 1.14 bits per heavy atom. The highest BCUT2D eigenvalue weighted by Gasteiger charge is 2.26. The van der Waals surface area contributed by atoms with Crippen LogP contribution in [0.1, 0.15) is 42.6 Å². The summed E-state index contributed by atoms with van der Waals surface area (Å²) in [6.45, 7) is 4.28. The smallest absolute Gasteiger partial charge is 0.354 e. The van der Waals surface area contributed by atoms with Gasteiger partial charge < -0.3 is 14.9 Å². The Bertz CT molecular complexity index is 494. The number of aromatic carboxylic acids is 1. The highest BCUT2D eigenvalue weighted by Crippen LogP contribution is 2.22. The molecule has 1 aromatic rings. The van der Waals surface area contributed by atoms with Gasteiger partial charge in [-0.3, -0.25) is 0 Å². The molecule has 6 nitrogen and oxygen atoms in total. The zero-order valence-electron chi connectivity index (χ0n) is 12.2. The zero-order chi connectivity index (χ0) is 14.7. The van der Waals surface area contributed by atoms with Crippen LogP contribution in [-0.4, -0.2) is 58.2 Å². The maximum Gasteiger partial charge on any atom is 0.354 e. The third-order valence-corrected chi connectivity index (χ3v) is 4.52. The van der Waals surface area contributed by atoms with Crippen molar-refractivity contribution in [1.29, 1.82) is 0 Å². The first-order valence-electron chi connectivity index (χ1n) is 7.79. The van der Waals surface area contributed by atoms with E-state index in [0.29, 0.717) is 12.0 Å². The lowest BCUT2D eigenvalue weighted by Crippen LogP contribution is -2.47. The van der Waals surface area contributed by atoms with Gasteiger partial charge in [-0.15, -0.1) is 0 Å². The summed E-state index contributed by atoms with van der Waals surface area (Å²) >= 11 is 0. The first-order valence-corrected chi connectivity index (χ1v) is 7.79. The maximum absolute atomic E-state index is 11.0. The second kappa shape index (κ2) is 6.39. The molecule has 2 fully saturated rings. The largest absolute Gasteiger partial charge is 0.477 e. The first-order chi connectivity index (χ1) is 10.2. The molecule has 0 atom stereocenters. The van der Waals surface area contributed by atoms with E-state index in [1.165, 1.54) is 44.6 Å². The SMILES string of the molecule is O=C(O)c1ccnc(N2CCC(N3CCCCC3)CC2)n1. The molecule has 2 saturated heterocycles. The van der Waals surface area contributed by atoms with Crippen molar-refractivity contribution in [3.8, 4) is 0 Å². The number of carboxylic acids is 1. The van der Waals surface area contributed by atoms with Crippen LogP contribution in [0.5, 0.6) is 0 Å². The number of likely N-dealkylation sites (tertiary alicyclic amines) is 1. The van der Waals surface area contributed by atoms with E-state index >= 15 is 0 Å². The monoisotopic (exact) mass is 290 g/mol. The van der Waals surface area contributed by atoms with Gasteiger partial charge in [0.2, 0.25) is 5.95 Å². The van der Waals surface area contributed by atoms with Crippen LogP contribution in [0.2, 0.25) is 0 Å². The van der Waals surface area contributed by atoms with E-state index < -0.39 is 5.97 Å². The molecule has 0 radical (unpaired) electrons. The van der Waals surface area contributed by atoms with Crippen LogP contribution < -0.4 is 4.90 Å². The number of hydrogen-bond donors (Lipinski definition) is 1. The van der Waals surface area contributed by atoms with Gasteiger partial charge in [-0.25, -0.2) is 14.8 Å². The summed E-state index contributed by atoms with van der Waals surface area (Å²) in [6, 6.07) is 2.11. The molecule has 6 heteroatoms. The van der Waals surface area contributed by atoms with Crippen molar-refractivity contribution in [2.75, 3.05) is 31.1 Å². The number of rotatable bonds is 3. The van der Waals surface area contributed by atoms with Gasteiger partial charge in [-0.05, 0) is 44.8 Å². The van der Waals surface area contributed by atoms with Crippen LogP contribution >= 0.6 is 0 Å². The fourth-order valence-corrected chi connectivity index (χ4v) is 3.33. The van der Waals surface area contributed by atoms with Crippen molar-refractivity contribution in [1.82, 2.24) is 14.9 Å². The molecule has 2 aliphatic heterocycles. The quantitative estimate of drug-likeness (QED) is 0.912. The molecule has 0 saturated carbocycles. The third kappa shape index (κ3) is 3.32. The summed E-state index contributed by atoms with van der Waals surface area (Å²) in [5, 5.41) is 9.00. The van der Waals surface area contributed by atoms with Crippen LogP contribution in [0.3, 0.4) is 0 Å². The number of carbonyl (C=O) groups is 1. The summed E-state index contributed by atoms with van der Waals surface area (Å²) in [7, 11) is 0. The number of carboxylic acid groups (broad SMARTS) is 1. The molecule has 0 spiro atoms. The van der Waals surface area contributed by atoms with Gasteiger partial charge in [0.1, 0.15) is 0 Å². The standard InChI is InChI=1S/C15H22N4O2/c20-14(21)13-4-7-16-15(17-13)19-10-5-12(6-11-19)18-8-2-1-3-9-18/h4,7,12H,1-3,5-6,8-11H2,(H,20,21). The van der Waals surface area contributed by atoms with Gasteiger partial charge in [-0.2, -0.15) is 0 Å². The molecule has 0 amide bonds. The molecular formula is C15H22N4O2. The normalized spacial score (nSPS) is 21.4. The molecule has 3 rings (SSSR count). The molecule has 2 aliphatic rings. The van der Waals surface area contributed by atoms with Crippen molar-refractivity contribution in [3.05, 3.63) is 18.0 Å². The van der Waals surface area contributed by atoms with Gasteiger partial charge in [0.15, 0.2) is 5.69 Å². The summed E-state index contributed by atoms with van der Waals surface area (Å²) in [5.74, 6) is -0.450. The van der Waals surface area contributed by atoms with E-state index in [4.69, 9.17) is 5.11 Å². The molecule has 1 N–H and O–H groups in total. The predicted molar refractivity (Wildman–Crippen MR) is 79.7 cm³/mol. The lowest BCUT2D eigenvalue weighted by molar-refractivity contribution is 0.0690. The maximum atomic E-state index is 11.0. The van der Waals surface area contributed by atoms with Crippen LogP contribution in [-0.2, 0) is 0 Å². The average Bonchev–Trinajstić information content (AvgIpc) is 2.56. The van der Waals surface area contributed by atoms with E-state index in [1.54, 1.807) is 0 Å². The van der Waals surface area contributed by atoms with E-state index in [-0.39, 0.29) is 5.69 Å². The third-order valence-electron chi connectivity index (χ3n) is 4.52. The summed E-state index contributed by atoms with van der Waals surface area (Å²) in [6.07, 6.45) is 7.77. The Hall–Kier alpha value is -1.69. The van der Waals surface area contributed by atoms with Crippen LogP contribution in [0, 0.1) is 0 Å². The van der Waals surface area contributed by atoms with Crippen LogP contribution in [0.4, 0.5) is 5.95 Å². The number of hydrogen-bond acceptors (Lipinski definition) is 5. The Morgan fingerprint density at radius 3 is 2.52 bits per heavy atom. The van der Waals surface area contributed by atoms with E-state index in [9.17, 15) is 4.79 Å². The molecule has 0 unspecified atom stereocenters. The van der Waals surface area contributed by atoms with E-state index in [0.717, 1.165) is 25.9 Å². The minimum atomic E-state index is -0.998. The minimum Gasteiger partial charge on any atom is -0.477 e. The molecule has 0 bridgehead atoms. The number of nitrogens with zero attached hydrogens (tertiary/aromatic N) is 4. The Balaban J connectivity index is 1.60. The fraction of sp³-hybridized carbons (Fsp3) is 0.667. The topological polar surface area (TPSA) is 69.6 Å². The first kappa shape index (κ1) is 14.3. The fourth-order valence-electron chi connectivity index (χ4n) is 3.33. The van der Waals surface area contributed by atoms with Gasteiger partial charge >= 0.3 is 5.97 Å². The van der Waals surface area contributed by atoms with Crippen molar-refractivity contribution in [2.45, 2.75) is 38.1 Å². The average molecular weight is 290 g/mol. The van der Waals surface area contributed by atoms with Crippen molar-refractivity contribution >= 4 is 11.9 Å². The second-order valence-electron chi connectivity index (χ2n) is 5.86. The Labute approximate surface area is 124 Å². The predicted octanol–water partition coefficient (Wildman–Crippen LogP) is 1.63. The molecule has 3 heterocycles. The number of aromatic nitrogens is 2. The second-order valence-corrected chi connectivity index (χ2v) is 5.86. The molecular weight excluding hydrogens is 268 g/mol. The molecule has 1 aromatic heterocycles. The highest BCUT2D eigenvalue weighted by atomic mass is 16.4. The zero-order valence-corrected chi connectivity index (χ0v) is 12.2. The van der Waals surface area contributed by atoms with E-state index in [1.807, 2.05) is 0 Å². The van der Waals surface area contributed by atoms with Gasteiger partial charge in [0.25, 0.3) is 0 Å². The van der Waals surface area contributed by atoms with Gasteiger partial charge in [0.05, 0.1) is 0 Å². The molecule has 0 aromatic carbocycles. The van der Waals surface area contributed by atoms with Crippen molar-refractivity contribution in [2.24, 2.45) is 0 Å². The summed E-state index contributed by atoms with van der Waals surface area (Å²) in [4.78, 5) is 24.1. The molecule has 114 valence electrons. The molecule has 21 heavy (non-hydrogen) atoms. The Kier molecular flexibility index (Phi) is 4.34. The number of piperidine rings is 2. The van der Waals surface area contributed by atoms with E-state index in [2.05, 4.69) is 19.8 Å². The molecule has 0 aliphatic carbocycles. The van der Waals surface area contributed by atoms with Crippen molar-refractivity contribution in [3.63, 3.8) is 0 Å². The van der Waals surface area contributed by atoms with Crippen LogP contribution in [0.15, 0.2) is 12.3 Å².